The Balaban J connectivity index is 0.946. The number of imidazole rings is 1. The molecular weight excluding hydrogens is 745 g/mol. The van der Waals surface area contributed by atoms with Crippen molar-refractivity contribution in [1.82, 2.24) is 28.9 Å². The molecule has 0 saturated carbocycles. The van der Waals surface area contributed by atoms with E-state index in [9.17, 15) is 42.0 Å². The topological polar surface area (TPSA) is 221 Å². The van der Waals surface area contributed by atoms with Crippen LogP contribution in [0.3, 0.4) is 0 Å². The molecule has 5 amide bonds. The van der Waals surface area contributed by atoms with E-state index in [-0.39, 0.29) is 52.7 Å². The molecule has 0 bridgehead atoms. The Morgan fingerprint density at radius 2 is 1.68 bits per heavy atom. The van der Waals surface area contributed by atoms with Gasteiger partial charge in [-0.3, -0.25) is 48.1 Å². The number of aryl methyl sites for hydroxylation is 1. The minimum absolute atomic E-state index is 0.0388. The van der Waals surface area contributed by atoms with Crippen LogP contribution < -0.4 is 27.2 Å². The first-order valence-corrected chi connectivity index (χ1v) is 19.9. The number of aromatic nitrogens is 4. The van der Waals surface area contributed by atoms with E-state index in [1.165, 1.54) is 14.1 Å². The minimum Gasteiger partial charge on any atom is -0.384 e. The Labute approximate surface area is 321 Å². The first-order valence-electron chi connectivity index (χ1n) is 18.0. The van der Waals surface area contributed by atoms with Crippen LogP contribution in [0.15, 0.2) is 57.2 Å². The molecule has 0 spiro atoms. The second-order valence-corrected chi connectivity index (χ2v) is 15.6. The van der Waals surface area contributed by atoms with E-state index in [0.29, 0.717) is 36.3 Å². The first kappa shape index (κ1) is 39.3. The maximum absolute atomic E-state index is 13.3. The molecule has 2 aromatic heterocycles. The Kier molecular flexibility index (Phi) is 11.4. The van der Waals surface area contributed by atoms with Gasteiger partial charge in [0.25, 0.3) is 17.4 Å². The summed E-state index contributed by atoms with van der Waals surface area (Å²) in [6.45, 7) is 0.381. The Hall–Kier alpha value is -6.35. The van der Waals surface area contributed by atoms with E-state index in [0.717, 1.165) is 50.5 Å². The number of piperidine rings is 1. The predicted molar refractivity (Wildman–Crippen MR) is 205 cm³/mol. The molecule has 3 N–H and O–H groups in total. The number of imide groups is 2. The molecule has 17 nitrogen and oxygen atoms in total. The molecule has 2 aliphatic heterocycles. The van der Waals surface area contributed by atoms with E-state index in [1.54, 1.807) is 42.5 Å². The van der Waals surface area contributed by atoms with E-state index in [1.807, 2.05) is 0 Å². The molecule has 292 valence electrons. The SMILES string of the molecule is Cn1c(=O)c2c(nc(S(C)(=O)=O)n2C)n(CC#Cc2cccc(NC(=O)CCCCCCCNc3cccc4c3C(=O)N(C3CCC(=O)NC3=O)C4=O)c2)c1=O. The molecule has 1 fully saturated rings. The van der Waals surface area contributed by atoms with Crippen LogP contribution in [0.4, 0.5) is 11.4 Å². The summed E-state index contributed by atoms with van der Waals surface area (Å²) in [5.74, 6) is 3.47. The van der Waals surface area contributed by atoms with Crippen molar-refractivity contribution in [3.63, 3.8) is 0 Å². The van der Waals surface area contributed by atoms with E-state index < -0.39 is 50.8 Å². The second kappa shape index (κ2) is 16.2. The fourth-order valence-corrected chi connectivity index (χ4v) is 7.67. The summed E-state index contributed by atoms with van der Waals surface area (Å²) in [6.07, 6.45) is 5.46. The van der Waals surface area contributed by atoms with Gasteiger partial charge >= 0.3 is 5.69 Å². The lowest BCUT2D eigenvalue weighted by molar-refractivity contribution is -0.136. The van der Waals surface area contributed by atoms with Crippen LogP contribution in [0.25, 0.3) is 11.2 Å². The van der Waals surface area contributed by atoms with Crippen molar-refractivity contribution >= 4 is 61.9 Å². The maximum Gasteiger partial charge on any atom is 0.333 e. The normalized spacial score (nSPS) is 15.4. The third-order valence-electron chi connectivity index (χ3n) is 9.63. The summed E-state index contributed by atoms with van der Waals surface area (Å²) in [6, 6.07) is 10.8. The molecule has 6 rings (SSSR count). The number of nitrogens with one attached hydrogen (secondary N) is 3. The van der Waals surface area contributed by atoms with Crippen LogP contribution in [0.2, 0.25) is 0 Å². The van der Waals surface area contributed by atoms with Gasteiger partial charge in [-0.15, -0.1) is 0 Å². The van der Waals surface area contributed by atoms with Crippen molar-refractivity contribution < 1.29 is 32.4 Å². The third-order valence-corrected chi connectivity index (χ3v) is 10.7. The smallest absolute Gasteiger partial charge is 0.333 e. The van der Waals surface area contributed by atoms with Gasteiger partial charge in [-0.2, -0.15) is 4.98 Å². The summed E-state index contributed by atoms with van der Waals surface area (Å²) >= 11 is 0. The maximum atomic E-state index is 13.3. The highest BCUT2D eigenvalue weighted by Gasteiger charge is 2.45. The number of carbonyl (C=O) groups excluding carboxylic acids is 5. The molecule has 2 aliphatic rings. The lowest BCUT2D eigenvalue weighted by Crippen LogP contribution is -2.54. The zero-order chi connectivity index (χ0) is 40.3. The van der Waals surface area contributed by atoms with E-state index in [4.69, 9.17) is 0 Å². The fraction of sp³-hybridized carbons (Fsp3) is 0.368. The number of anilines is 2. The number of hydrogen-bond donors (Lipinski definition) is 3. The lowest BCUT2D eigenvalue weighted by Gasteiger charge is -2.27. The van der Waals surface area contributed by atoms with Crippen LogP contribution in [0, 0.1) is 11.8 Å². The molecular formula is C38H40N8O9S. The third kappa shape index (κ3) is 8.03. The number of hydrogen-bond acceptors (Lipinski definition) is 11. The van der Waals surface area contributed by atoms with Gasteiger partial charge in [-0.1, -0.05) is 43.2 Å². The van der Waals surface area contributed by atoms with Gasteiger partial charge in [0.15, 0.2) is 11.2 Å². The summed E-state index contributed by atoms with van der Waals surface area (Å²) < 4.78 is 27.6. The minimum atomic E-state index is -3.78. The molecule has 4 heterocycles. The monoisotopic (exact) mass is 784 g/mol. The van der Waals surface area contributed by atoms with Crippen molar-refractivity contribution in [2.75, 3.05) is 23.4 Å². The molecule has 0 aliphatic carbocycles. The van der Waals surface area contributed by atoms with Gasteiger partial charge in [-0.05, 0) is 49.6 Å². The Morgan fingerprint density at radius 3 is 2.43 bits per heavy atom. The molecule has 1 atom stereocenters. The molecule has 18 heteroatoms. The number of amides is 5. The molecule has 0 radical (unpaired) electrons. The summed E-state index contributed by atoms with van der Waals surface area (Å²) in [5.41, 5.74) is 0.574. The number of benzene rings is 2. The molecule has 1 saturated heterocycles. The predicted octanol–water partition coefficient (Wildman–Crippen LogP) is 1.68. The van der Waals surface area contributed by atoms with Gasteiger partial charge in [0.05, 0.1) is 17.7 Å². The van der Waals surface area contributed by atoms with E-state index in [2.05, 4.69) is 32.8 Å². The van der Waals surface area contributed by atoms with Gasteiger partial charge in [0.2, 0.25) is 32.7 Å². The van der Waals surface area contributed by atoms with Crippen LogP contribution in [0.1, 0.15) is 77.6 Å². The number of nitrogens with zero attached hydrogens (tertiary/aromatic N) is 5. The zero-order valence-corrected chi connectivity index (χ0v) is 31.8. The summed E-state index contributed by atoms with van der Waals surface area (Å²) in [7, 11) is -1.09. The average Bonchev–Trinajstić information content (AvgIpc) is 3.63. The van der Waals surface area contributed by atoms with Crippen molar-refractivity contribution in [2.24, 2.45) is 14.1 Å². The van der Waals surface area contributed by atoms with Gasteiger partial charge < -0.3 is 15.2 Å². The van der Waals surface area contributed by atoms with Crippen molar-refractivity contribution in [3.8, 4) is 11.8 Å². The second-order valence-electron chi connectivity index (χ2n) is 13.7. The largest absolute Gasteiger partial charge is 0.384 e. The molecule has 1 unspecified atom stereocenters. The van der Waals surface area contributed by atoms with Gasteiger partial charge in [-0.25, -0.2) is 13.2 Å². The number of carbonyl (C=O) groups is 5. The van der Waals surface area contributed by atoms with Crippen molar-refractivity contribution in [1.29, 1.82) is 0 Å². The highest BCUT2D eigenvalue weighted by molar-refractivity contribution is 7.90. The lowest BCUT2D eigenvalue weighted by atomic mass is 10.0. The van der Waals surface area contributed by atoms with E-state index >= 15 is 0 Å². The van der Waals surface area contributed by atoms with Crippen LogP contribution in [0.5, 0.6) is 0 Å². The zero-order valence-electron chi connectivity index (χ0n) is 31.0. The highest BCUT2D eigenvalue weighted by Crippen LogP contribution is 2.32. The first-order chi connectivity index (χ1) is 26.7. The summed E-state index contributed by atoms with van der Waals surface area (Å²) in [4.78, 5) is 93.6. The molecule has 2 aromatic carbocycles. The Morgan fingerprint density at radius 1 is 0.946 bits per heavy atom. The molecule has 56 heavy (non-hydrogen) atoms. The van der Waals surface area contributed by atoms with Crippen molar-refractivity contribution in [2.45, 2.75) is 69.1 Å². The number of rotatable bonds is 13. The fourth-order valence-electron chi connectivity index (χ4n) is 6.83. The number of unbranched alkanes of at least 4 members (excludes halogenated alkanes) is 4. The molecule has 4 aromatic rings. The van der Waals surface area contributed by atoms with Crippen LogP contribution >= 0.6 is 0 Å². The van der Waals surface area contributed by atoms with Crippen LogP contribution in [-0.4, -0.2) is 80.4 Å². The Bertz CT molecular complexity index is 2590. The summed E-state index contributed by atoms with van der Waals surface area (Å²) in [5, 5.41) is 7.97. The van der Waals surface area contributed by atoms with Gasteiger partial charge in [0.1, 0.15) is 6.04 Å². The standard InChI is InChI=1S/C38H40N8O9S/c1-43-31-32(42-37(43)56(3,54)55)45(38(53)44(2)36(31)52)21-11-13-23-12-9-14-24(22-23)40-28(47)17-7-5-4-6-8-20-39-26-16-10-15-25-30(26)35(51)46(34(25)50)27-18-19-29(48)41-33(27)49/h9-10,12,14-16,22,27,39H,4-8,17-21H2,1-3H3,(H,40,47)(H,41,48,49). The number of sulfone groups is 1. The van der Waals surface area contributed by atoms with Gasteiger partial charge in [0, 0.05) is 56.7 Å². The quantitative estimate of drug-likeness (QED) is 0.101. The average molecular weight is 785 g/mol. The number of fused-ring (bicyclic) bond motifs is 2. The van der Waals surface area contributed by atoms with Crippen molar-refractivity contribution in [3.05, 3.63) is 80.0 Å². The van der Waals surface area contributed by atoms with Crippen LogP contribution in [-0.2, 0) is 44.9 Å². The highest BCUT2D eigenvalue weighted by atomic mass is 32.2.